The molecular formula is C24H30O4. The normalized spacial score (nSPS) is 11.9. The summed E-state index contributed by atoms with van der Waals surface area (Å²) >= 11 is 0. The lowest BCUT2D eigenvalue weighted by atomic mass is 9.90. The van der Waals surface area contributed by atoms with Gasteiger partial charge in [-0.3, -0.25) is 4.79 Å². The third-order valence-electron chi connectivity index (χ3n) is 4.50. The fourth-order valence-corrected chi connectivity index (χ4v) is 3.16. The van der Waals surface area contributed by atoms with E-state index in [1.807, 2.05) is 31.2 Å². The molecule has 0 amide bonds. The molecule has 0 aliphatic rings. The molecule has 0 spiro atoms. The summed E-state index contributed by atoms with van der Waals surface area (Å²) in [4.78, 5) is 24.4. The summed E-state index contributed by atoms with van der Waals surface area (Å²) in [6.45, 7) is 8.67. The summed E-state index contributed by atoms with van der Waals surface area (Å²) < 4.78 is 10.3. The van der Waals surface area contributed by atoms with E-state index in [-0.39, 0.29) is 17.9 Å². The van der Waals surface area contributed by atoms with Gasteiger partial charge in [0.2, 0.25) is 0 Å². The van der Waals surface area contributed by atoms with E-state index < -0.39 is 0 Å². The predicted octanol–water partition coefficient (Wildman–Crippen LogP) is 4.95. The van der Waals surface area contributed by atoms with Crippen LogP contribution in [0.4, 0.5) is 0 Å². The molecule has 1 unspecified atom stereocenters. The summed E-state index contributed by atoms with van der Waals surface area (Å²) in [5.41, 5.74) is 3.69. The van der Waals surface area contributed by atoms with Crippen LogP contribution in [0.2, 0.25) is 0 Å². The zero-order valence-corrected chi connectivity index (χ0v) is 17.2. The highest BCUT2D eigenvalue weighted by Gasteiger charge is 2.23. The largest absolute Gasteiger partial charge is 0.466 e. The van der Waals surface area contributed by atoms with Crippen LogP contribution in [-0.2, 0) is 27.1 Å². The van der Waals surface area contributed by atoms with Gasteiger partial charge in [-0.15, -0.1) is 0 Å². The van der Waals surface area contributed by atoms with Crippen LogP contribution in [-0.4, -0.2) is 25.2 Å². The monoisotopic (exact) mass is 382 g/mol. The van der Waals surface area contributed by atoms with Crippen LogP contribution < -0.4 is 0 Å². The Kier molecular flexibility index (Phi) is 8.24. The average Bonchev–Trinajstić information content (AvgIpc) is 2.67. The highest BCUT2D eigenvalue weighted by atomic mass is 16.5. The number of ether oxygens (including phenoxy) is 2. The molecule has 4 nitrogen and oxygen atoms in total. The number of hydrogen-bond acceptors (Lipinski definition) is 4. The first kappa shape index (κ1) is 21.7. The molecule has 0 fully saturated rings. The van der Waals surface area contributed by atoms with Crippen LogP contribution in [0, 0.1) is 5.92 Å². The van der Waals surface area contributed by atoms with Crippen molar-refractivity contribution in [2.24, 2.45) is 5.92 Å². The molecule has 2 aromatic rings. The first-order valence-electron chi connectivity index (χ1n) is 9.96. The van der Waals surface area contributed by atoms with E-state index in [0.29, 0.717) is 31.1 Å². The maximum Gasteiger partial charge on any atom is 0.338 e. The molecule has 0 radical (unpaired) electrons. The minimum absolute atomic E-state index is 0.228. The molecule has 28 heavy (non-hydrogen) atoms. The van der Waals surface area contributed by atoms with Crippen molar-refractivity contribution < 1.29 is 19.1 Å². The fourth-order valence-electron chi connectivity index (χ4n) is 3.16. The molecule has 0 N–H and O–H groups in total. The SMILES string of the molecule is CCOC(=O)c1ccc(CC(C(=O)OCC)c2ccc(CC(C)C)cc2)cc1. The minimum Gasteiger partial charge on any atom is -0.466 e. The molecule has 0 saturated carbocycles. The number of benzene rings is 2. The van der Waals surface area contributed by atoms with Gasteiger partial charge in [0.15, 0.2) is 0 Å². The number of carbonyl (C=O) groups excluding carboxylic acids is 2. The van der Waals surface area contributed by atoms with E-state index in [4.69, 9.17) is 9.47 Å². The molecule has 0 bridgehead atoms. The van der Waals surface area contributed by atoms with Crippen LogP contribution >= 0.6 is 0 Å². The van der Waals surface area contributed by atoms with Gasteiger partial charge >= 0.3 is 11.9 Å². The lowest BCUT2D eigenvalue weighted by Crippen LogP contribution is -2.18. The zero-order chi connectivity index (χ0) is 20.5. The third kappa shape index (κ3) is 6.22. The lowest BCUT2D eigenvalue weighted by Gasteiger charge is -2.17. The molecular weight excluding hydrogens is 352 g/mol. The Hall–Kier alpha value is -2.62. The number of rotatable bonds is 9. The van der Waals surface area contributed by atoms with E-state index in [9.17, 15) is 9.59 Å². The number of carbonyl (C=O) groups is 2. The Bertz CT molecular complexity index is 760. The van der Waals surface area contributed by atoms with Gasteiger partial charge in [0.05, 0.1) is 24.7 Å². The molecule has 0 aliphatic heterocycles. The first-order valence-corrected chi connectivity index (χ1v) is 9.96. The third-order valence-corrected chi connectivity index (χ3v) is 4.50. The fraction of sp³-hybridized carbons (Fsp3) is 0.417. The van der Waals surface area contributed by atoms with Crippen molar-refractivity contribution >= 4 is 11.9 Å². The summed E-state index contributed by atoms with van der Waals surface area (Å²) in [6.07, 6.45) is 1.53. The Balaban J connectivity index is 2.19. The van der Waals surface area contributed by atoms with Crippen molar-refractivity contribution in [2.75, 3.05) is 13.2 Å². The standard InChI is InChI=1S/C24H30O4/c1-5-27-23(25)21-13-9-19(10-14-21)16-22(24(26)28-6-2)20-11-7-18(8-12-20)15-17(3)4/h7-14,17,22H,5-6,15-16H2,1-4H3. The van der Waals surface area contributed by atoms with E-state index in [0.717, 1.165) is 17.5 Å². The molecule has 4 heteroatoms. The van der Waals surface area contributed by atoms with Crippen LogP contribution in [0.1, 0.15) is 60.7 Å². The first-order chi connectivity index (χ1) is 13.4. The summed E-state index contributed by atoms with van der Waals surface area (Å²) in [7, 11) is 0. The van der Waals surface area contributed by atoms with Crippen LogP contribution in [0.25, 0.3) is 0 Å². The molecule has 0 aliphatic carbocycles. The topological polar surface area (TPSA) is 52.6 Å². The number of hydrogen-bond donors (Lipinski definition) is 0. The Morgan fingerprint density at radius 3 is 1.86 bits per heavy atom. The predicted molar refractivity (Wildman–Crippen MR) is 110 cm³/mol. The second kappa shape index (κ2) is 10.6. The molecule has 0 heterocycles. The minimum atomic E-state index is -0.374. The molecule has 0 aromatic heterocycles. The van der Waals surface area contributed by atoms with Gasteiger partial charge in [0.1, 0.15) is 0 Å². The molecule has 0 saturated heterocycles. The zero-order valence-electron chi connectivity index (χ0n) is 17.2. The van der Waals surface area contributed by atoms with Gasteiger partial charge < -0.3 is 9.47 Å². The molecule has 150 valence electrons. The van der Waals surface area contributed by atoms with Crippen molar-refractivity contribution in [2.45, 2.75) is 46.5 Å². The summed E-state index contributed by atoms with van der Waals surface area (Å²) in [5.74, 6) is -0.351. The van der Waals surface area contributed by atoms with Gasteiger partial charge in [0.25, 0.3) is 0 Å². The van der Waals surface area contributed by atoms with Crippen LogP contribution in [0.5, 0.6) is 0 Å². The van der Waals surface area contributed by atoms with Crippen molar-refractivity contribution in [3.63, 3.8) is 0 Å². The smallest absolute Gasteiger partial charge is 0.338 e. The second-order valence-electron chi connectivity index (χ2n) is 7.27. The van der Waals surface area contributed by atoms with Crippen molar-refractivity contribution in [3.05, 3.63) is 70.8 Å². The van der Waals surface area contributed by atoms with E-state index in [1.165, 1.54) is 5.56 Å². The van der Waals surface area contributed by atoms with Crippen molar-refractivity contribution in [1.82, 2.24) is 0 Å². The Morgan fingerprint density at radius 2 is 1.32 bits per heavy atom. The highest BCUT2D eigenvalue weighted by Crippen LogP contribution is 2.24. The van der Waals surface area contributed by atoms with Crippen LogP contribution in [0.3, 0.4) is 0 Å². The molecule has 1 atom stereocenters. The maximum absolute atomic E-state index is 12.6. The van der Waals surface area contributed by atoms with E-state index in [2.05, 4.69) is 26.0 Å². The van der Waals surface area contributed by atoms with Gasteiger partial charge in [0, 0.05) is 0 Å². The molecule has 2 rings (SSSR count). The lowest BCUT2D eigenvalue weighted by molar-refractivity contribution is -0.144. The highest BCUT2D eigenvalue weighted by molar-refractivity contribution is 5.89. The summed E-state index contributed by atoms with van der Waals surface area (Å²) in [5, 5.41) is 0. The van der Waals surface area contributed by atoms with E-state index in [1.54, 1.807) is 19.1 Å². The van der Waals surface area contributed by atoms with Crippen LogP contribution in [0.15, 0.2) is 48.5 Å². The van der Waals surface area contributed by atoms with E-state index >= 15 is 0 Å². The Morgan fingerprint density at radius 1 is 0.786 bits per heavy atom. The van der Waals surface area contributed by atoms with Gasteiger partial charge in [-0.05, 0) is 61.4 Å². The quantitative estimate of drug-likeness (QED) is 0.576. The summed E-state index contributed by atoms with van der Waals surface area (Å²) in [6, 6.07) is 15.4. The molecule has 2 aromatic carbocycles. The van der Waals surface area contributed by atoms with Gasteiger partial charge in [-0.2, -0.15) is 0 Å². The average molecular weight is 383 g/mol. The van der Waals surface area contributed by atoms with Gasteiger partial charge in [-0.25, -0.2) is 4.79 Å². The van der Waals surface area contributed by atoms with Crippen molar-refractivity contribution in [1.29, 1.82) is 0 Å². The second-order valence-corrected chi connectivity index (χ2v) is 7.27. The van der Waals surface area contributed by atoms with Crippen molar-refractivity contribution in [3.8, 4) is 0 Å². The maximum atomic E-state index is 12.6. The number of esters is 2. The van der Waals surface area contributed by atoms with Gasteiger partial charge in [-0.1, -0.05) is 50.2 Å². The Labute approximate surface area is 167 Å².